The van der Waals surface area contributed by atoms with Crippen LogP contribution in [0.5, 0.6) is 0 Å². The van der Waals surface area contributed by atoms with Crippen molar-refractivity contribution in [2.45, 2.75) is 45.6 Å². The van der Waals surface area contributed by atoms with Gasteiger partial charge in [-0.25, -0.2) is 0 Å². The Morgan fingerprint density at radius 2 is 2.05 bits per heavy atom. The van der Waals surface area contributed by atoms with E-state index in [1.807, 2.05) is 0 Å². The fourth-order valence-electron chi connectivity index (χ4n) is 3.44. The zero-order valence-electron chi connectivity index (χ0n) is 11.9. The second-order valence-corrected chi connectivity index (χ2v) is 6.74. The summed E-state index contributed by atoms with van der Waals surface area (Å²) in [5.74, 6) is 1.49. The van der Waals surface area contributed by atoms with Crippen molar-refractivity contribution in [3.63, 3.8) is 0 Å². The Kier molecular flexibility index (Phi) is 3.61. The fraction of sp³-hybridized carbons (Fsp3) is 0.647. The number of ether oxygens (including phenoxy) is 1. The van der Waals surface area contributed by atoms with E-state index in [1.165, 1.54) is 29.5 Å². The van der Waals surface area contributed by atoms with Gasteiger partial charge in [0, 0.05) is 17.9 Å². The lowest BCUT2D eigenvalue weighted by Crippen LogP contribution is -2.36. The maximum atomic E-state index is 6.37. The molecule has 104 valence electrons. The monoisotopic (exact) mass is 278 g/mol. The van der Waals surface area contributed by atoms with Crippen LogP contribution in [0.15, 0.2) is 18.2 Å². The molecule has 0 radical (unpaired) electrons. The summed E-state index contributed by atoms with van der Waals surface area (Å²) in [5.41, 5.74) is 4.33. The van der Waals surface area contributed by atoms with Crippen molar-refractivity contribution >= 4 is 11.6 Å². The molecule has 2 fully saturated rings. The molecular formula is C17H23ClO. The first-order valence-corrected chi connectivity index (χ1v) is 7.92. The molecule has 2 heteroatoms. The molecule has 1 aromatic rings. The summed E-state index contributed by atoms with van der Waals surface area (Å²) in [5, 5.41) is 0. The molecule has 3 rings (SSSR count). The third kappa shape index (κ3) is 2.55. The number of aryl methyl sites for hydroxylation is 2. The molecule has 1 aromatic carbocycles. The Hall–Kier alpha value is -0.530. The van der Waals surface area contributed by atoms with Crippen molar-refractivity contribution in [2.75, 3.05) is 12.5 Å². The fourth-order valence-corrected chi connectivity index (χ4v) is 3.82. The predicted molar refractivity (Wildman–Crippen MR) is 79.9 cm³/mol. The summed E-state index contributed by atoms with van der Waals surface area (Å²) in [6.45, 7) is 5.25. The van der Waals surface area contributed by atoms with Gasteiger partial charge in [-0.2, -0.15) is 0 Å². The summed E-state index contributed by atoms with van der Waals surface area (Å²) in [6, 6.07) is 6.82. The zero-order chi connectivity index (χ0) is 13.5. The van der Waals surface area contributed by atoms with Gasteiger partial charge in [0.25, 0.3) is 0 Å². The van der Waals surface area contributed by atoms with Crippen LogP contribution in [-0.2, 0) is 11.2 Å². The molecule has 0 bridgehead atoms. The second kappa shape index (κ2) is 5.10. The number of alkyl halides is 1. The van der Waals surface area contributed by atoms with Crippen LogP contribution in [0.2, 0.25) is 0 Å². The summed E-state index contributed by atoms with van der Waals surface area (Å²) < 4.78 is 6.03. The van der Waals surface area contributed by atoms with Crippen LogP contribution in [0.25, 0.3) is 0 Å². The Morgan fingerprint density at radius 1 is 1.26 bits per heavy atom. The van der Waals surface area contributed by atoms with E-state index in [0.29, 0.717) is 6.10 Å². The lowest BCUT2D eigenvalue weighted by Gasteiger charge is -2.32. The second-order valence-electron chi connectivity index (χ2n) is 6.47. The molecule has 1 saturated heterocycles. The van der Waals surface area contributed by atoms with Gasteiger partial charge in [-0.1, -0.05) is 18.2 Å². The van der Waals surface area contributed by atoms with Gasteiger partial charge in [0.1, 0.15) is 0 Å². The van der Waals surface area contributed by atoms with E-state index in [0.717, 1.165) is 31.2 Å². The van der Waals surface area contributed by atoms with E-state index in [2.05, 4.69) is 32.0 Å². The first-order valence-electron chi connectivity index (χ1n) is 7.38. The van der Waals surface area contributed by atoms with E-state index in [4.69, 9.17) is 16.3 Å². The van der Waals surface area contributed by atoms with E-state index < -0.39 is 0 Å². The van der Waals surface area contributed by atoms with Gasteiger partial charge in [0.05, 0.1) is 6.10 Å². The van der Waals surface area contributed by atoms with Crippen LogP contribution >= 0.6 is 11.6 Å². The summed E-state index contributed by atoms with van der Waals surface area (Å²) >= 11 is 6.37. The van der Waals surface area contributed by atoms with Gasteiger partial charge < -0.3 is 4.74 Å². The van der Waals surface area contributed by atoms with Crippen molar-refractivity contribution in [2.24, 2.45) is 11.3 Å². The largest absolute Gasteiger partial charge is 0.377 e. The van der Waals surface area contributed by atoms with E-state index in [9.17, 15) is 0 Å². The number of hydrogen-bond acceptors (Lipinski definition) is 1. The molecule has 0 amide bonds. The highest BCUT2D eigenvalue weighted by molar-refractivity contribution is 6.18. The maximum absolute atomic E-state index is 6.37. The third-order valence-electron chi connectivity index (χ3n) is 4.94. The number of halogens is 1. The average Bonchev–Trinajstić information content (AvgIpc) is 3.16. The van der Waals surface area contributed by atoms with Gasteiger partial charge in [0.15, 0.2) is 0 Å². The smallest absolute Gasteiger partial charge is 0.0674 e. The Labute approximate surface area is 121 Å². The van der Waals surface area contributed by atoms with Crippen LogP contribution < -0.4 is 0 Å². The number of rotatable bonds is 4. The molecule has 0 N–H and O–H groups in total. The summed E-state index contributed by atoms with van der Waals surface area (Å²) in [6.07, 6.45) is 5.24. The molecule has 0 aromatic heterocycles. The lowest BCUT2D eigenvalue weighted by atomic mass is 9.75. The molecule has 2 unspecified atom stereocenters. The van der Waals surface area contributed by atoms with Crippen LogP contribution in [0.1, 0.15) is 36.0 Å². The van der Waals surface area contributed by atoms with Crippen molar-refractivity contribution in [1.29, 1.82) is 0 Å². The maximum Gasteiger partial charge on any atom is 0.0674 e. The molecule has 1 saturated carbocycles. The highest BCUT2D eigenvalue weighted by Crippen LogP contribution is 2.50. The highest BCUT2D eigenvalue weighted by Gasteiger charge is 2.50. The van der Waals surface area contributed by atoms with Gasteiger partial charge >= 0.3 is 0 Å². The molecule has 2 aliphatic rings. The summed E-state index contributed by atoms with van der Waals surface area (Å²) in [4.78, 5) is 0. The van der Waals surface area contributed by atoms with Crippen molar-refractivity contribution in [3.8, 4) is 0 Å². The van der Waals surface area contributed by atoms with Crippen molar-refractivity contribution in [3.05, 3.63) is 34.9 Å². The minimum Gasteiger partial charge on any atom is -0.377 e. The molecule has 2 atom stereocenters. The minimum atomic E-state index is 0.171. The topological polar surface area (TPSA) is 9.23 Å². The number of benzene rings is 1. The van der Waals surface area contributed by atoms with Gasteiger partial charge in [0.2, 0.25) is 0 Å². The molecular weight excluding hydrogens is 256 g/mol. The van der Waals surface area contributed by atoms with Crippen LogP contribution in [0.3, 0.4) is 0 Å². The van der Waals surface area contributed by atoms with E-state index >= 15 is 0 Å². The van der Waals surface area contributed by atoms with Crippen LogP contribution in [-0.4, -0.2) is 18.6 Å². The normalized spacial score (nSPS) is 30.8. The van der Waals surface area contributed by atoms with Gasteiger partial charge in [-0.3, -0.25) is 0 Å². The standard InChI is InChI=1S/C17H23ClO/c1-12-3-4-14(9-13(12)2)10-17(11-18)7-8-19-16(17)15-5-6-15/h3-4,9,15-16H,5-8,10-11H2,1-2H3. The Morgan fingerprint density at radius 3 is 2.68 bits per heavy atom. The number of hydrogen-bond donors (Lipinski definition) is 0. The first kappa shape index (κ1) is 13.5. The Balaban J connectivity index is 1.83. The summed E-state index contributed by atoms with van der Waals surface area (Å²) in [7, 11) is 0. The van der Waals surface area contributed by atoms with E-state index in [-0.39, 0.29) is 5.41 Å². The van der Waals surface area contributed by atoms with Crippen molar-refractivity contribution < 1.29 is 4.74 Å². The minimum absolute atomic E-state index is 0.171. The zero-order valence-corrected chi connectivity index (χ0v) is 12.7. The molecule has 1 heterocycles. The van der Waals surface area contributed by atoms with Crippen LogP contribution in [0, 0.1) is 25.2 Å². The van der Waals surface area contributed by atoms with E-state index in [1.54, 1.807) is 0 Å². The molecule has 1 aliphatic heterocycles. The SMILES string of the molecule is Cc1ccc(CC2(CCl)CCOC2C2CC2)cc1C. The molecule has 1 nitrogen and oxygen atoms in total. The molecule has 0 spiro atoms. The average molecular weight is 279 g/mol. The third-order valence-corrected chi connectivity index (χ3v) is 5.48. The predicted octanol–water partition coefficient (Wildman–Crippen LogP) is 4.27. The highest BCUT2D eigenvalue weighted by atomic mass is 35.5. The van der Waals surface area contributed by atoms with Crippen molar-refractivity contribution in [1.82, 2.24) is 0 Å². The Bertz CT molecular complexity index is 466. The van der Waals surface area contributed by atoms with Gasteiger partial charge in [-0.05, 0) is 62.1 Å². The first-order chi connectivity index (χ1) is 9.14. The molecule has 19 heavy (non-hydrogen) atoms. The van der Waals surface area contributed by atoms with Crippen LogP contribution in [0.4, 0.5) is 0 Å². The molecule has 1 aliphatic carbocycles. The van der Waals surface area contributed by atoms with Gasteiger partial charge in [-0.15, -0.1) is 11.6 Å². The lowest BCUT2D eigenvalue weighted by molar-refractivity contribution is 0.0403. The quantitative estimate of drug-likeness (QED) is 0.748.